The van der Waals surface area contributed by atoms with E-state index in [1.165, 1.54) is 13.0 Å². The van der Waals surface area contributed by atoms with Crippen molar-refractivity contribution in [2.75, 3.05) is 0 Å². The summed E-state index contributed by atoms with van der Waals surface area (Å²) in [6, 6.07) is 6.30. The molecule has 3 N–H and O–H groups in total. The van der Waals surface area contributed by atoms with Crippen molar-refractivity contribution >= 4 is 13.6 Å². The summed E-state index contributed by atoms with van der Waals surface area (Å²) < 4.78 is 10.8. The van der Waals surface area contributed by atoms with Crippen LogP contribution in [0.5, 0.6) is 0 Å². The second kappa shape index (κ2) is 4.78. The van der Waals surface area contributed by atoms with E-state index in [9.17, 15) is 9.36 Å². The highest BCUT2D eigenvalue weighted by molar-refractivity contribution is 7.50. The van der Waals surface area contributed by atoms with Gasteiger partial charge in [0.05, 0.1) is 12.1 Å². The molecule has 1 aromatic carbocycles. The lowest BCUT2D eigenvalue weighted by Gasteiger charge is -2.09. The van der Waals surface area contributed by atoms with Crippen molar-refractivity contribution < 1.29 is 24.3 Å². The van der Waals surface area contributed by atoms with Gasteiger partial charge in [-0.1, -0.05) is 24.3 Å². The molecule has 0 aliphatic rings. The lowest BCUT2D eigenvalue weighted by molar-refractivity contribution is -0.138. The van der Waals surface area contributed by atoms with Gasteiger partial charge in [0.1, 0.15) is 0 Å². The van der Waals surface area contributed by atoms with Crippen LogP contribution in [0.3, 0.4) is 0 Å². The lowest BCUT2D eigenvalue weighted by Crippen LogP contribution is -2.07. The molecule has 0 aliphatic carbocycles. The summed E-state index contributed by atoms with van der Waals surface area (Å²) in [5.74, 6) is -1.65. The van der Waals surface area contributed by atoms with Crippen LogP contribution in [0.2, 0.25) is 0 Å². The number of benzene rings is 1. The highest BCUT2D eigenvalue weighted by Crippen LogP contribution is 2.39. The molecule has 0 bridgehead atoms. The van der Waals surface area contributed by atoms with Gasteiger partial charge in [-0.3, -0.25) is 9.36 Å². The van der Waals surface area contributed by atoms with Crippen LogP contribution in [0.15, 0.2) is 24.3 Å². The van der Waals surface area contributed by atoms with Crippen molar-refractivity contribution in [1.82, 2.24) is 0 Å². The van der Waals surface area contributed by atoms with Crippen molar-refractivity contribution in [3.8, 4) is 0 Å². The van der Waals surface area contributed by atoms with E-state index in [1.807, 2.05) is 0 Å². The molecule has 0 heterocycles. The standard InChI is InChI=1S/C10H13O5P/c1-7(10(11)12)9-4-2-3-8(5-9)6-16(13,14)15/h2-5,7H,6H2,1H3,(H,11,12)(H2,13,14,15). The Morgan fingerprint density at radius 1 is 1.44 bits per heavy atom. The fourth-order valence-corrected chi connectivity index (χ4v) is 2.01. The van der Waals surface area contributed by atoms with Crippen LogP contribution in [0.25, 0.3) is 0 Å². The molecule has 0 spiro atoms. The van der Waals surface area contributed by atoms with Gasteiger partial charge in [0.15, 0.2) is 0 Å². The first kappa shape index (κ1) is 12.9. The van der Waals surface area contributed by atoms with Crippen LogP contribution < -0.4 is 0 Å². The molecule has 1 unspecified atom stereocenters. The van der Waals surface area contributed by atoms with Crippen molar-refractivity contribution in [2.45, 2.75) is 19.0 Å². The Hall–Kier alpha value is -1.16. The van der Waals surface area contributed by atoms with Crippen molar-refractivity contribution in [3.05, 3.63) is 35.4 Å². The quantitative estimate of drug-likeness (QED) is 0.698. The van der Waals surface area contributed by atoms with E-state index < -0.39 is 19.5 Å². The van der Waals surface area contributed by atoms with Gasteiger partial charge in [0.2, 0.25) is 0 Å². The summed E-state index contributed by atoms with van der Waals surface area (Å²) in [7, 11) is -4.11. The molecule has 6 heteroatoms. The van der Waals surface area contributed by atoms with Crippen LogP contribution in [0.4, 0.5) is 0 Å². The van der Waals surface area contributed by atoms with Gasteiger partial charge in [-0.25, -0.2) is 0 Å². The van der Waals surface area contributed by atoms with E-state index in [0.717, 1.165) is 0 Å². The van der Waals surface area contributed by atoms with Gasteiger partial charge in [-0.2, -0.15) is 0 Å². The molecule has 1 atom stereocenters. The minimum Gasteiger partial charge on any atom is -0.481 e. The molecule has 0 amide bonds. The van der Waals surface area contributed by atoms with E-state index in [0.29, 0.717) is 11.1 Å². The zero-order valence-corrected chi connectivity index (χ0v) is 9.59. The Kier molecular flexibility index (Phi) is 3.86. The first-order valence-electron chi connectivity index (χ1n) is 4.66. The van der Waals surface area contributed by atoms with Gasteiger partial charge in [0, 0.05) is 0 Å². The van der Waals surface area contributed by atoms with Crippen LogP contribution in [0.1, 0.15) is 24.0 Å². The number of hydrogen-bond acceptors (Lipinski definition) is 2. The fourth-order valence-electron chi connectivity index (χ4n) is 1.34. The maximum Gasteiger partial charge on any atom is 0.329 e. The molecule has 0 aromatic heterocycles. The Bertz CT molecular complexity index is 437. The average Bonchev–Trinajstić information content (AvgIpc) is 2.14. The molecule has 88 valence electrons. The van der Waals surface area contributed by atoms with E-state index in [1.54, 1.807) is 18.2 Å². The van der Waals surface area contributed by atoms with E-state index in [2.05, 4.69) is 0 Å². The summed E-state index contributed by atoms with van der Waals surface area (Å²) in [6.07, 6.45) is -0.368. The largest absolute Gasteiger partial charge is 0.481 e. The molecule has 16 heavy (non-hydrogen) atoms. The first-order valence-corrected chi connectivity index (χ1v) is 6.45. The normalized spacial score (nSPS) is 13.4. The monoisotopic (exact) mass is 244 g/mol. The van der Waals surface area contributed by atoms with Crippen LogP contribution in [-0.4, -0.2) is 20.9 Å². The molecule has 5 nitrogen and oxygen atoms in total. The Labute approximate surface area is 92.9 Å². The zero-order chi connectivity index (χ0) is 12.3. The summed E-state index contributed by atoms with van der Waals surface area (Å²) in [5, 5.41) is 8.81. The smallest absolute Gasteiger partial charge is 0.329 e. The summed E-state index contributed by atoms with van der Waals surface area (Å²) in [5.41, 5.74) is 0.984. The summed E-state index contributed by atoms with van der Waals surface area (Å²) in [4.78, 5) is 28.4. The lowest BCUT2D eigenvalue weighted by atomic mass is 10.00. The first-order chi connectivity index (χ1) is 7.29. The molecule has 0 fully saturated rings. The number of carbonyl (C=O) groups is 1. The predicted octanol–water partition coefficient (Wildman–Crippen LogP) is 1.55. The number of rotatable bonds is 4. The van der Waals surface area contributed by atoms with Gasteiger partial charge in [-0.05, 0) is 18.1 Å². The number of hydrogen-bond donors (Lipinski definition) is 3. The third kappa shape index (κ3) is 3.77. The predicted molar refractivity (Wildman–Crippen MR) is 58.2 cm³/mol. The third-order valence-corrected chi connectivity index (χ3v) is 2.99. The van der Waals surface area contributed by atoms with Crippen LogP contribution >= 0.6 is 7.60 Å². The Morgan fingerprint density at radius 2 is 2.06 bits per heavy atom. The average molecular weight is 244 g/mol. The van der Waals surface area contributed by atoms with Gasteiger partial charge in [0.25, 0.3) is 0 Å². The van der Waals surface area contributed by atoms with Crippen LogP contribution in [0, 0.1) is 0 Å². The molecule has 1 aromatic rings. The van der Waals surface area contributed by atoms with E-state index in [-0.39, 0.29) is 6.16 Å². The van der Waals surface area contributed by atoms with Gasteiger partial charge >= 0.3 is 13.6 Å². The fraction of sp³-hybridized carbons (Fsp3) is 0.300. The maximum absolute atomic E-state index is 10.8. The third-order valence-electron chi connectivity index (χ3n) is 2.21. The molecule has 0 radical (unpaired) electrons. The van der Waals surface area contributed by atoms with Gasteiger partial charge < -0.3 is 14.9 Å². The molecule has 0 aliphatic heterocycles. The van der Waals surface area contributed by atoms with Gasteiger partial charge in [-0.15, -0.1) is 0 Å². The molecular formula is C10H13O5P. The van der Waals surface area contributed by atoms with Crippen LogP contribution in [-0.2, 0) is 15.5 Å². The SMILES string of the molecule is CC(C(=O)O)c1cccc(CP(=O)(O)O)c1. The second-order valence-corrected chi connectivity index (χ2v) is 5.27. The number of aliphatic carboxylic acids is 1. The molecule has 0 saturated carbocycles. The maximum atomic E-state index is 10.8. The highest BCUT2D eigenvalue weighted by Gasteiger charge is 2.17. The zero-order valence-electron chi connectivity index (χ0n) is 8.70. The highest BCUT2D eigenvalue weighted by atomic mass is 31.2. The topological polar surface area (TPSA) is 94.8 Å². The summed E-state index contributed by atoms with van der Waals surface area (Å²) in [6.45, 7) is 1.53. The number of carboxylic acids is 1. The van der Waals surface area contributed by atoms with E-state index in [4.69, 9.17) is 14.9 Å². The minimum absolute atomic E-state index is 0.368. The van der Waals surface area contributed by atoms with E-state index >= 15 is 0 Å². The van der Waals surface area contributed by atoms with Crippen molar-refractivity contribution in [2.24, 2.45) is 0 Å². The molecular weight excluding hydrogens is 231 g/mol. The summed E-state index contributed by atoms with van der Waals surface area (Å²) >= 11 is 0. The van der Waals surface area contributed by atoms with Crippen molar-refractivity contribution in [1.29, 1.82) is 0 Å². The second-order valence-electron chi connectivity index (χ2n) is 3.63. The minimum atomic E-state index is -4.11. The Balaban J connectivity index is 2.95. The molecule has 1 rings (SSSR count). The Morgan fingerprint density at radius 3 is 2.56 bits per heavy atom. The van der Waals surface area contributed by atoms with Crippen molar-refractivity contribution in [3.63, 3.8) is 0 Å². The molecule has 0 saturated heterocycles. The number of carboxylic acid groups (broad SMARTS) is 1.